The lowest BCUT2D eigenvalue weighted by molar-refractivity contribution is 0.0996. The molecule has 3 amide bonds. The molecule has 2 aliphatic heterocycles. The van der Waals surface area contributed by atoms with Crippen LogP contribution in [0.15, 0.2) is 12.1 Å². The molecule has 3 heterocycles. The summed E-state index contributed by atoms with van der Waals surface area (Å²) in [6, 6.07) is 2.97. The molecular formula is C22H28FN5O4S. The lowest BCUT2D eigenvalue weighted by Gasteiger charge is -2.28. The Hall–Kier alpha value is -2.92. The number of rotatable bonds is 8. The minimum absolute atomic E-state index is 0.0386. The monoisotopic (exact) mass is 477 g/mol. The summed E-state index contributed by atoms with van der Waals surface area (Å²) in [7, 11) is 2.11. The molecule has 1 saturated heterocycles. The number of nitrogens with two attached hydrogens (primary N) is 1. The largest absolute Gasteiger partial charge is 0.490 e. The summed E-state index contributed by atoms with van der Waals surface area (Å²) in [6.45, 7) is 2.97. The van der Waals surface area contributed by atoms with E-state index in [0.29, 0.717) is 25.5 Å². The second-order valence-electron chi connectivity index (χ2n) is 8.39. The molecule has 4 rings (SSSR count). The van der Waals surface area contributed by atoms with Crippen LogP contribution in [0, 0.1) is 11.7 Å². The first-order valence-corrected chi connectivity index (χ1v) is 11.8. The number of benzene rings is 1. The number of nitrogens with zero attached hydrogens (tertiary/aromatic N) is 2. The van der Waals surface area contributed by atoms with Crippen LogP contribution in [0.5, 0.6) is 11.6 Å². The van der Waals surface area contributed by atoms with Crippen LogP contribution >= 0.6 is 11.5 Å². The second kappa shape index (κ2) is 10.3. The molecule has 0 unspecified atom stereocenters. The summed E-state index contributed by atoms with van der Waals surface area (Å²) in [4.78, 5) is 26.6. The van der Waals surface area contributed by atoms with Crippen molar-refractivity contribution in [3.63, 3.8) is 0 Å². The van der Waals surface area contributed by atoms with E-state index >= 15 is 0 Å². The van der Waals surface area contributed by atoms with Gasteiger partial charge in [-0.3, -0.25) is 10.1 Å². The maximum Gasteiger partial charge on any atom is 0.319 e. The molecule has 2 aliphatic rings. The Bertz CT molecular complexity index is 1020. The van der Waals surface area contributed by atoms with Crippen molar-refractivity contribution in [1.29, 1.82) is 0 Å². The number of likely N-dealkylation sites (tertiary alicyclic amines) is 1. The molecule has 0 saturated carbocycles. The number of nitrogens with one attached hydrogen (secondary N) is 2. The number of halogens is 1. The summed E-state index contributed by atoms with van der Waals surface area (Å²) in [5.41, 5.74) is 6.55. The Morgan fingerprint density at radius 3 is 2.91 bits per heavy atom. The lowest BCUT2D eigenvalue weighted by atomic mass is 9.94. The van der Waals surface area contributed by atoms with Crippen LogP contribution in [-0.2, 0) is 13.0 Å². The van der Waals surface area contributed by atoms with E-state index in [1.807, 2.05) is 0 Å². The maximum absolute atomic E-state index is 14.6. The van der Waals surface area contributed by atoms with E-state index in [2.05, 4.69) is 27.0 Å². The van der Waals surface area contributed by atoms with Crippen LogP contribution in [0.3, 0.4) is 0 Å². The molecule has 1 aromatic carbocycles. The van der Waals surface area contributed by atoms with Gasteiger partial charge < -0.3 is 25.4 Å². The number of anilines is 1. The number of hydrogen-bond acceptors (Lipinski definition) is 7. The van der Waals surface area contributed by atoms with Crippen LogP contribution in [0.2, 0.25) is 0 Å². The predicted molar refractivity (Wildman–Crippen MR) is 122 cm³/mol. The van der Waals surface area contributed by atoms with E-state index in [1.165, 1.54) is 0 Å². The normalized spacial score (nSPS) is 16.2. The van der Waals surface area contributed by atoms with Crippen LogP contribution in [0.25, 0.3) is 0 Å². The number of primary amides is 1. The third-order valence-electron chi connectivity index (χ3n) is 6.05. The number of aromatic nitrogens is 1. The molecule has 33 heavy (non-hydrogen) atoms. The van der Waals surface area contributed by atoms with E-state index in [-0.39, 0.29) is 34.4 Å². The smallest absolute Gasteiger partial charge is 0.319 e. The highest BCUT2D eigenvalue weighted by atomic mass is 32.1. The predicted octanol–water partition coefficient (Wildman–Crippen LogP) is 2.75. The third-order valence-corrected chi connectivity index (χ3v) is 6.80. The van der Waals surface area contributed by atoms with Gasteiger partial charge in [0.2, 0.25) is 5.88 Å². The number of carbonyl (C=O) groups excluding carboxylic acids is 2. The highest BCUT2D eigenvalue weighted by molar-refractivity contribution is 7.11. The molecule has 0 bridgehead atoms. The van der Waals surface area contributed by atoms with Crippen molar-refractivity contribution >= 4 is 28.5 Å². The number of fused-ring (bicyclic) bond motifs is 1. The number of ether oxygens (including phenoxy) is 2. The molecule has 0 radical (unpaired) electrons. The Morgan fingerprint density at radius 1 is 1.36 bits per heavy atom. The zero-order valence-corrected chi connectivity index (χ0v) is 19.3. The molecule has 1 aromatic heterocycles. The molecule has 9 nitrogen and oxygen atoms in total. The average Bonchev–Trinajstić information content (AvgIpc) is 3.42. The highest BCUT2D eigenvalue weighted by Crippen LogP contribution is 2.33. The van der Waals surface area contributed by atoms with Gasteiger partial charge in [0, 0.05) is 24.1 Å². The average molecular weight is 478 g/mol. The fraction of sp³-hybridized carbons (Fsp3) is 0.500. The summed E-state index contributed by atoms with van der Waals surface area (Å²) in [5.74, 6) is -0.490. The zero-order chi connectivity index (χ0) is 23.4. The van der Waals surface area contributed by atoms with Crippen molar-refractivity contribution in [2.75, 3.05) is 38.6 Å². The highest BCUT2D eigenvalue weighted by Gasteiger charge is 2.24. The number of amides is 3. The molecule has 178 valence electrons. The van der Waals surface area contributed by atoms with Gasteiger partial charge in [0.05, 0.1) is 6.61 Å². The Kier molecular flexibility index (Phi) is 7.29. The van der Waals surface area contributed by atoms with Gasteiger partial charge in [-0.25, -0.2) is 9.18 Å². The number of hydrogen-bond donors (Lipinski definition) is 3. The minimum atomic E-state index is -0.793. The van der Waals surface area contributed by atoms with Gasteiger partial charge in [-0.15, -0.1) is 0 Å². The second-order valence-corrected chi connectivity index (χ2v) is 9.16. The van der Waals surface area contributed by atoms with Crippen molar-refractivity contribution < 1.29 is 23.5 Å². The molecular weight excluding hydrogens is 449 g/mol. The van der Waals surface area contributed by atoms with Crippen LogP contribution in [0.1, 0.15) is 40.7 Å². The van der Waals surface area contributed by atoms with Crippen molar-refractivity contribution in [3.05, 3.63) is 34.6 Å². The van der Waals surface area contributed by atoms with Crippen molar-refractivity contribution in [1.82, 2.24) is 14.6 Å². The fourth-order valence-corrected chi connectivity index (χ4v) is 4.81. The van der Waals surface area contributed by atoms with E-state index in [9.17, 15) is 14.0 Å². The van der Waals surface area contributed by atoms with Gasteiger partial charge in [-0.05, 0) is 56.9 Å². The molecule has 2 aromatic rings. The Morgan fingerprint density at radius 2 is 2.15 bits per heavy atom. The van der Waals surface area contributed by atoms with E-state index in [4.69, 9.17) is 15.2 Å². The van der Waals surface area contributed by atoms with Gasteiger partial charge in [0.25, 0.3) is 5.91 Å². The van der Waals surface area contributed by atoms with Gasteiger partial charge in [-0.1, -0.05) is 12.1 Å². The quantitative estimate of drug-likeness (QED) is 0.538. The van der Waals surface area contributed by atoms with Crippen LogP contribution < -0.4 is 25.8 Å². The van der Waals surface area contributed by atoms with Gasteiger partial charge >= 0.3 is 6.03 Å². The summed E-state index contributed by atoms with van der Waals surface area (Å²) in [6.07, 6.45) is 3.81. The molecule has 0 aliphatic carbocycles. The number of urea groups is 1. The van der Waals surface area contributed by atoms with Crippen molar-refractivity contribution in [2.24, 2.45) is 11.7 Å². The fourth-order valence-electron chi connectivity index (χ4n) is 4.07. The van der Waals surface area contributed by atoms with Crippen LogP contribution in [-0.4, -0.2) is 54.5 Å². The molecule has 0 spiro atoms. The summed E-state index contributed by atoms with van der Waals surface area (Å²) >= 11 is 0.882. The van der Waals surface area contributed by atoms with Gasteiger partial charge in [0.1, 0.15) is 17.2 Å². The summed E-state index contributed by atoms with van der Waals surface area (Å²) < 4.78 is 29.6. The first-order chi connectivity index (χ1) is 15.9. The Balaban J connectivity index is 1.33. The van der Waals surface area contributed by atoms with Gasteiger partial charge in [-0.2, -0.15) is 4.37 Å². The molecule has 0 atom stereocenters. The van der Waals surface area contributed by atoms with E-state index in [0.717, 1.165) is 49.4 Å². The van der Waals surface area contributed by atoms with Crippen LogP contribution in [0.4, 0.5) is 14.2 Å². The topological polar surface area (TPSA) is 119 Å². The number of carbonyl (C=O) groups is 2. The third kappa shape index (κ3) is 5.53. The number of piperidine rings is 1. The minimum Gasteiger partial charge on any atom is -0.490 e. The van der Waals surface area contributed by atoms with Crippen molar-refractivity contribution in [3.8, 4) is 11.6 Å². The maximum atomic E-state index is 14.6. The lowest BCUT2D eigenvalue weighted by Crippen LogP contribution is -2.34. The zero-order valence-electron chi connectivity index (χ0n) is 18.5. The van der Waals surface area contributed by atoms with E-state index < -0.39 is 17.8 Å². The standard InChI is InChI=1S/C22H28FN5O4S/c1-28-9-5-13(6-10-28)4-8-25-22(30)26-21-16(19(24)29)20(27-33-21)32-12-15-3-2-14-7-11-31-18(14)17(15)23/h2-3,13H,4-12H2,1H3,(H2,24,29)(H2,25,26,30). The summed E-state index contributed by atoms with van der Waals surface area (Å²) in [5, 5.41) is 5.62. The first-order valence-electron chi connectivity index (χ1n) is 11.0. The Labute approximate surface area is 195 Å². The molecule has 4 N–H and O–H groups in total. The molecule has 1 fully saturated rings. The van der Waals surface area contributed by atoms with Gasteiger partial charge in [0.15, 0.2) is 11.6 Å². The SMILES string of the molecule is CN1CCC(CCNC(=O)Nc2snc(OCc3ccc4c(c3F)OCC4)c2C(N)=O)CC1. The van der Waals surface area contributed by atoms with E-state index in [1.54, 1.807) is 12.1 Å². The first kappa shape index (κ1) is 23.2. The molecule has 11 heteroatoms. The van der Waals surface area contributed by atoms with Crippen molar-refractivity contribution in [2.45, 2.75) is 32.3 Å².